The number of benzene rings is 1. The fraction of sp³-hybridized carbons (Fsp3) is 0.571. The lowest BCUT2D eigenvalue weighted by molar-refractivity contribution is 0.400. The Morgan fingerprint density at radius 3 is 2.72 bits per heavy atom. The van der Waals surface area contributed by atoms with Gasteiger partial charge in [-0.2, -0.15) is 0 Å². The van der Waals surface area contributed by atoms with Gasteiger partial charge in [0.1, 0.15) is 0 Å². The SMILES string of the molecule is CN(C)CCCc1ccc2c(c1)CCCN2.Cl.Cl. The molecular formula is C14H24Cl2N2. The minimum absolute atomic E-state index is 0. The number of nitrogens with one attached hydrogen (secondary N) is 1. The zero-order valence-corrected chi connectivity index (χ0v) is 12.9. The third-order valence-corrected chi connectivity index (χ3v) is 3.18. The van der Waals surface area contributed by atoms with Crippen molar-refractivity contribution in [2.75, 3.05) is 32.5 Å². The topological polar surface area (TPSA) is 15.3 Å². The highest BCUT2D eigenvalue weighted by atomic mass is 35.5. The second-order valence-corrected chi connectivity index (χ2v) is 4.93. The van der Waals surface area contributed by atoms with E-state index in [4.69, 9.17) is 0 Å². The molecule has 2 rings (SSSR count). The highest BCUT2D eigenvalue weighted by Crippen LogP contribution is 2.23. The van der Waals surface area contributed by atoms with Gasteiger partial charge in [-0.1, -0.05) is 12.1 Å². The second-order valence-electron chi connectivity index (χ2n) is 4.93. The van der Waals surface area contributed by atoms with Crippen LogP contribution in [0.25, 0.3) is 0 Å². The number of hydrogen-bond donors (Lipinski definition) is 1. The van der Waals surface area contributed by atoms with E-state index in [2.05, 4.69) is 42.5 Å². The van der Waals surface area contributed by atoms with Crippen LogP contribution in [0.1, 0.15) is 24.0 Å². The Kier molecular flexibility index (Phi) is 8.41. The first-order valence-electron chi connectivity index (χ1n) is 6.26. The van der Waals surface area contributed by atoms with Crippen LogP contribution in [-0.4, -0.2) is 32.1 Å². The molecule has 1 N–H and O–H groups in total. The number of rotatable bonds is 4. The van der Waals surface area contributed by atoms with Gasteiger partial charge in [-0.15, -0.1) is 24.8 Å². The molecule has 1 heterocycles. The second kappa shape index (κ2) is 8.63. The molecule has 0 bridgehead atoms. The maximum atomic E-state index is 3.46. The van der Waals surface area contributed by atoms with Gasteiger partial charge in [-0.05, 0) is 63.5 Å². The standard InChI is InChI=1S/C14H22N2.2ClH/c1-16(2)10-4-5-12-7-8-14-13(11-12)6-3-9-15-14;;/h7-8,11,15H,3-6,9-10H2,1-2H3;2*1H. The van der Waals surface area contributed by atoms with Crippen molar-refractivity contribution in [2.24, 2.45) is 0 Å². The van der Waals surface area contributed by atoms with E-state index in [1.54, 1.807) is 0 Å². The third kappa shape index (κ3) is 5.05. The van der Waals surface area contributed by atoms with Crippen molar-refractivity contribution in [1.29, 1.82) is 0 Å². The Morgan fingerprint density at radius 1 is 1.22 bits per heavy atom. The molecule has 0 fully saturated rings. The monoisotopic (exact) mass is 290 g/mol. The van der Waals surface area contributed by atoms with E-state index in [0.29, 0.717) is 0 Å². The lowest BCUT2D eigenvalue weighted by Gasteiger charge is -2.18. The van der Waals surface area contributed by atoms with Crippen molar-refractivity contribution in [1.82, 2.24) is 4.90 Å². The summed E-state index contributed by atoms with van der Waals surface area (Å²) in [7, 11) is 4.27. The maximum absolute atomic E-state index is 3.46. The molecule has 18 heavy (non-hydrogen) atoms. The van der Waals surface area contributed by atoms with Crippen LogP contribution >= 0.6 is 24.8 Å². The average molecular weight is 291 g/mol. The molecule has 1 aliphatic rings. The summed E-state index contributed by atoms with van der Waals surface area (Å²) in [6.45, 7) is 2.31. The van der Waals surface area contributed by atoms with E-state index in [-0.39, 0.29) is 24.8 Å². The van der Waals surface area contributed by atoms with Crippen molar-refractivity contribution in [3.05, 3.63) is 29.3 Å². The molecule has 4 heteroatoms. The van der Waals surface area contributed by atoms with Gasteiger partial charge in [0.2, 0.25) is 0 Å². The molecule has 1 aromatic rings. The molecular weight excluding hydrogens is 267 g/mol. The van der Waals surface area contributed by atoms with Gasteiger partial charge in [0, 0.05) is 12.2 Å². The Bertz CT molecular complexity index is 354. The van der Waals surface area contributed by atoms with E-state index in [9.17, 15) is 0 Å². The van der Waals surface area contributed by atoms with Gasteiger partial charge in [0.25, 0.3) is 0 Å². The van der Waals surface area contributed by atoms with Gasteiger partial charge in [-0.3, -0.25) is 0 Å². The highest BCUT2D eigenvalue weighted by molar-refractivity contribution is 5.85. The van der Waals surface area contributed by atoms with Crippen LogP contribution in [0.2, 0.25) is 0 Å². The van der Waals surface area contributed by atoms with Crippen LogP contribution in [0, 0.1) is 0 Å². The number of anilines is 1. The molecule has 0 aromatic heterocycles. The molecule has 104 valence electrons. The number of nitrogens with zero attached hydrogens (tertiary/aromatic N) is 1. The molecule has 0 aliphatic carbocycles. The fourth-order valence-corrected chi connectivity index (χ4v) is 2.28. The minimum Gasteiger partial charge on any atom is -0.385 e. The van der Waals surface area contributed by atoms with Crippen molar-refractivity contribution >= 4 is 30.5 Å². The summed E-state index contributed by atoms with van der Waals surface area (Å²) < 4.78 is 0. The van der Waals surface area contributed by atoms with Crippen molar-refractivity contribution in [3.8, 4) is 0 Å². The zero-order chi connectivity index (χ0) is 11.4. The Hall–Kier alpha value is -0.440. The fourth-order valence-electron chi connectivity index (χ4n) is 2.28. The summed E-state index contributed by atoms with van der Waals surface area (Å²) in [5, 5.41) is 3.46. The van der Waals surface area contributed by atoms with Crippen LogP contribution in [0.5, 0.6) is 0 Å². The summed E-state index contributed by atoms with van der Waals surface area (Å²) in [6.07, 6.45) is 4.96. The smallest absolute Gasteiger partial charge is 0.0372 e. The van der Waals surface area contributed by atoms with E-state index in [1.165, 1.54) is 49.0 Å². The first-order chi connectivity index (χ1) is 7.75. The van der Waals surface area contributed by atoms with Gasteiger partial charge in [-0.25, -0.2) is 0 Å². The largest absolute Gasteiger partial charge is 0.385 e. The van der Waals surface area contributed by atoms with Crippen molar-refractivity contribution in [2.45, 2.75) is 25.7 Å². The number of aryl methyl sites for hydroxylation is 2. The van der Waals surface area contributed by atoms with Crippen LogP contribution in [-0.2, 0) is 12.8 Å². The third-order valence-electron chi connectivity index (χ3n) is 3.18. The first kappa shape index (κ1) is 17.6. The van der Waals surface area contributed by atoms with Gasteiger partial charge in [0.15, 0.2) is 0 Å². The molecule has 1 aliphatic heterocycles. The predicted molar refractivity (Wildman–Crippen MR) is 84.6 cm³/mol. The summed E-state index contributed by atoms with van der Waals surface area (Å²) in [5.41, 5.74) is 4.35. The van der Waals surface area contributed by atoms with Gasteiger partial charge < -0.3 is 10.2 Å². The lowest BCUT2D eigenvalue weighted by atomic mass is 9.99. The first-order valence-corrected chi connectivity index (χ1v) is 6.26. The molecule has 1 aromatic carbocycles. The summed E-state index contributed by atoms with van der Waals surface area (Å²) in [5.74, 6) is 0. The predicted octanol–water partition coefficient (Wildman–Crippen LogP) is 3.38. The molecule has 0 saturated carbocycles. The van der Waals surface area contributed by atoms with Crippen LogP contribution < -0.4 is 5.32 Å². The molecule has 0 spiro atoms. The van der Waals surface area contributed by atoms with Crippen LogP contribution in [0.3, 0.4) is 0 Å². The Labute approximate surface area is 123 Å². The summed E-state index contributed by atoms with van der Waals surface area (Å²) in [6, 6.07) is 6.91. The minimum atomic E-state index is 0. The van der Waals surface area contributed by atoms with Gasteiger partial charge >= 0.3 is 0 Å². The van der Waals surface area contributed by atoms with Crippen molar-refractivity contribution < 1.29 is 0 Å². The average Bonchev–Trinajstić information content (AvgIpc) is 2.28. The highest BCUT2D eigenvalue weighted by Gasteiger charge is 2.08. The van der Waals surface area contributed by atoms with Crippen molar-refractivity contribution in [3.63, 3.8) is 0 Å². The molecule has 0 atom stereocenters. The zero-order valence-electron chi connectivity index (χ0n) is 11.2. The Morgan fingerprint density at radius 2 is 2.00 bits per heavy atom. The number of halogens is 2. The maximum Gasteiger partial charge on any atom is 0.0372 e. The Balaban J connectivity index is 0.00000144. The quantitative estimate of drug-likeness (QED) is 0.915. The number of hydrogen-bond acceptors (Lipinski definition) is 2. The van der Waals surface area contributed by atoms with E-state index < -0.39 is 0 Å². The molecule has 2 nitrogen and oxygen atoms in total. The van der Waals surface area contributed by atoms with Crippen LogP contribution in [0.4, 0.5) is 5.69 Å². The van der Waals surface area contributed by atoms with E-state index >= 15 is 0 Å². The molecule has 0 amide bonds. The summed E-state index contributed by atoms with van der Waals surface area (Å²) >= 11 is 0. The number of fused-ring (bicyclic) bond motifs is 1. The summed E-state index contributed by atoms with van der Waals surface area (Å²) in [4.78, 5) is 2.25. The molecule has 0 radical (unpaired) electrons. The molecule has 0 saturated heterocycles. The van der Waals surface area contributed by atoms with E-state index in [0.717, 1.165) is 6.54 Å². The van der Waals surface area contributed by atoms with Crippen LogP contribution in [0.15, 0.2) is 18.2 Å². The lowest BCUT2D eigenvalue weighted by Crippen LogP contribution is -2.14. The normalized spacial score (nSPS) is 13.1. The van der Waals surface area contributed by atoms with E-state index in [1.807, 2.05) is 0 Å². The molecule has 0 unspecified atom stereocenters. The van der Waals surface area contributed by atoms with Gasteiger partial charge in [0.05, 0.1) is 0 Å².